The van der Waals surface area contributed by atoms with Gasteiger partial charge >= 0.3 is 0 Å². The van der Waals surface area contributed by atoms with Crippen molar-refractivity contribution in [1.29, 1.82) is 5.41 Å². The van der Waals surface area contributed by atoms with Crippen LogP contribution in [0.4, 0.5) is 0 Å². The van der Waals surface area contributed by atoms with Crippen LogP contribution in [0.3, 0.4) is 0 Å². The molecule has 0 aliphatic carbocycles. The summed E-state index contributed by atoms with van der Waals surface area (Å²) in [5, 5.41) is 12.1. The van der Waals surface area contributed by atoms with Crippen LogP contribution in [-0.2, 0) is 11.2 Å². The van der Waals surface area contributed by atoms with E-state index in [1.807, 2.05) is 48.5 Å². The van der Waals surface area contributed by atoms with E-state index in [9.17, 15) is 4.79 Å². The fraction of sp³-hybridized carbons (Fsp3) is 0.100. The van der Waals surface area contributed by atoms with Gasteiger partial charge in [0.05, 0.1) is 5.92 Å². The average molecular weight is 354 g/mol. The number of hydrogen-bond acceptors (Lipinski definition) is 2. The molecule has 4 nitrogen and oxygen atoms in total. The molecule has 1 amide bonds. The van der Waals surface area contributed by atoms with E-state index in [1.165, 1.54) is 5.39 Å². The quantitative estimate of drug-likeness (QED) is 0.495. The minimum absolute atomic E-state index is 0. The van der Waals surface area contributed by atoms with E-state index in [1.54, 1.807) is 0 Å². The largest absolute Gasteiger partial charge is 0.370 e. The van der Waals surface area contributed by atoms with E-state index in [-0.39, 0.29) is 24.3 Å². The Morgan fingerprint density at radius 3 is 2.28 bits per heavy atom. The van der Waals surface area contributed by atoms with Crippen molar-refractivity contribution in [1.82, 2.24) is 5.32 Å². The summed E-state index contributed by atoms with van der Waals surface area (Å²) in [4.78, 5) is 12.5. The van der Waals surface area contributed by atoms with Crippen molar-refractivity contribution in [2.75, 3.05) is 0 Å². The smallest absolute Gasteiger partial charge is 0.234 e. The van der Waals surface area contributed by atoms with E-state index >= 15 is 0 Å². The van der Waals surface area contributed by atoms with Gasteiger partial charge in [-0.05, 0) is 28.3 Å². The maximum Gasteiger partial charge on any atom is 0.234 e. The van der Waals surface area contributed by atoms with Gasteiger partial charge in [0.2, 0.25) is 5.91 Å². The maximum atomic E-state index is 12.5. The van der Waals surface area contributed by atoms with Crippen molar-refractivity contribution in [3.63, 3.8) is 0 Å². The van der Waals surface area contributed by atoms with Crippen LogP contribution in [0.5, 0.6) is 0 Å². The molecular formula is C20H20ClN3O. The Balaban J connectivity index is 0.00000225. The van der Waals surface area contributed by atoms with Crippen molar-refractivity contribution >= 4 is 35.0 Å². The van der Waals surface area contributed by atoms with Crippen LogP contribution < -0.4 is 11.1 Å². The molecule has 0 aromatic heterocycles. The standard InChI is InChI=1S/C20H19N3O.ClH/c21-20(22)23-19(24)18(16-7-2-1-3-8-16)13-14-10-11-15-6-4-5-9-17(15)12-14;/h1-12,18H,13H2,(H4,21,22,23,24);1H/t18-;/m0./s1. The fourth-order valence-corrected chi connectivity index (χ4v) is 2.87. The van der Waals surface area contributed by atoms with Crippen LogP contribution >= 0.6 is 12.4 Å². The van der Waals surface area contributed by atoms with Gasteiger partial charge in [0.15, 0.2) is 5.96 Å². The average Bonchev–Trinajstić information content (AvgIpc) is 2.59. The van der Waals surface area contributed by atoms with Crippen molar-refractivity contribution in [3.8, 4) is 0 Å². The Bertz CT molecular complexity index is 880. The molecule has 0 heterocycles. The molecule has 0 unspecified atom stereocenters. The predicted molar refractivity (Wildman–Crippen MR) is 104 cm³/mol. The van der Waals surface area contributed by atoms with Crippen molar-refractivity contribution in [2.24, 2.45) is 5.73 Å². The molecule has 128 valence electrons. The van der Waals surface area contributed by atoms with Gasteiger partial charge < -0.3 is 5.73 Å². The Hall–Kier alpha value is -2.85. The van der Waals surface area contributed by atoms with Crippen LogP contribution in [0.1, 0.15) is 17.0 Å². The second-order valence-corrected chi connectivity index (χ2v) is 5.75. The molecule has 0 fully saturated rings. The third kappa shape index (κ3) is 4.58. The Morgan fingerprint density at radius 2 is 1.60 bits per heavy atom. The van der Waals surface area contributed by atoms with E-state index in [0.717, 1.165) is 16.5 Å². The van der Waals surface area contributed by atoms with E-state index in [2.05, 4.69) is 29.6 Å². The van der Waals surface area contributed by atoms with Crippen molar-refractivity contribution in [3.05, 3.63) is 83.9 Å². The molecule has 0 bridgehead atoms. The first-order valence-corrected chi connectivity index (χ1v) is 7.81. The van der Waals surface area contributed by atoms with E-state index < -0.39 is 5.92 Å². The first-order valence-electron chi connectivity index (χ1n) is 7.81. The predicted octanol–water partition coefficient (Wildman–Crippen LogP) is 3.60. The van der Waals surface area contributed by atoms with Crippen LogP contribution in [-0.4, -0.2) is 11.9 Å². The zero-order valence-corrected chi connectivity index (χ0v) is 14.4. The van der Waals surface area contributed by atoms with Gasteiger partial charge in [0, 0.05) is 0 Å². The highest BCUT2D eigenvalue weighted by atomic mass is 35.5. The number of halogens is 1. The molecule has 3 rings (SSSR count). The first-order chi connectivity index (χ1) is 11.6. The number of fused-ring (bicyclic) bond motifs is 1. The third-order valence-corrected chi connectivity index (χ3v) is 4.03. The van der Waals surface area contributed by atoms with Gasteiger partial charge in [-0.2, -0.15) is 0 Å². The van der Waals surface area contributed by atoms with Crippen LogP contribution in [0.15, 0.2) is 72.8 Å². The summed E-state index contributed by atoms with van der Waals surface area (Å²) in [6, 6.07) is 23.9. The number of rotatable bonds is 4. The summed E-state index contributed by atoms with van der Waals surface area (Å²) in [5.74, 6) is -0.988. The van der Waals surface area contributed by atoms with Crippen molar-refractivity contribution < 1.29 is 4.79 Å². The molecule has 0 spiro atoms. The lowest BCUT2D eigenvalue weighted by molar-refractivity contribution is -0.121. The monoisotopic (exact) mass is 353 g/mol. The molecule has 0 aliphatic rings. The zero-order valence-electron chi connectivity index (χ0n) is 13.6. The summed E-state index contributed by atoms with van der Waals surface area (Å²) in [6.45, 7) is 0. The lowest BCUT2D eigenvalue weighted by atomic mass is 9.90. The van der Waals surface area contributed by atoms with Crippen LogP contribution in [0.25, 0.3) is 10.8 Å². The minimum Gasteiger partial charge on any atom is -0.370 e. The number of nitrogens with two attached hydrogens (primary N) is 1. The zero-order chi connectivity index (χ0) is 16.9. The number of amides is 1. The highest BCUT2D eigenvalue weighted by Crippen LogP contribution is 2.24. The van der Waals surface area contributed by atoms with Gasteiger partial charge in [-0.25, -0.2) is 0 Å². The molecule has 3 aromatic rings. The molecule has 0 saturated carbocycles. The van der Waals surface area contributed by atoms with E-state index in [4.69, 9.17) is 11.1 Å². The third-order valence-electron chi connectivity index (χ3n) is 4.03. The number of benzene rings is 3. The summed E-state index contributed by atoms with van der Waals surface area (Å²) >= 11 is 0. The maximum absolute atomic E-state index is 12.5. The summed E-state index contributed by atoms with van der Waals surface area (Å²) in [6.07, 6.45) is 0.550. The SMILES string of the molecule is Cl.N=C(N)NC(=O)[C@@H](Cc1ccc2ccccc2c1)c1ccccc1. The molecule has 1 atom stereocenters. The van der Waals surface area contributed by atoms with Crippen molar-refractivity contribution in [2.45, 2.75) is 12.3 Å². The molecule has 0 radical (unpaired) electrons. The highest BCUT2D eigenvalue weighted by molar-refractivity contribution is 5.98. The number of nitrogens with one attached hydrogen (secondary N) is 2. The number of carbonyl (C=O) groups excluding carboxylic acids is 1. The van der Waals surface area contributed by atoms with Crippen LogP contribution in [0, 0.1) is 5.41 Å². The molecular weight excluding hydrogens is 334 g/mol. The van der Waals surface area contributed by atoms with Gasteiger partial charge in [0.25, 0.3) is 0 Å². The normalized spacial score (nSPS) is 11.4. The molecule has 5 heteroatoms. The number of hydrogen-bond donors (Lipinski definition) is 3. The lowest BCUT2D eigenvalue weighted by Gasteiger charge is -2.17. The Morgan fingerprint density at radius 1 is 0.960 bits per heavy atom. The van der Waals surface area contributed by atoms with Gasteiger partial charge in [-0.1, -0.05) is 72.8 Å². The van der Waals surface area contributed by atoms with Gasteiger partial charge in [0.1, 0.15) is 0 Å². The second-order valence-electron chi connectivity index (χ2n) is 5.75. The number of carbonyl (C=O) groups is 1. The first kappa shape index (κ1) is 18.5. The molecule has 4 N–H and O–H groups in total. The van der Waals surface area contributed by atoms with Crippen LogP contribution in [0.2, 0.25) is 0 Å². The fourth-order valence-electron chi connectivity index (χ4n) is 2.87. The Kier molecular flexibility index (Phi) is 6.14. The minimum atomic E-state index is -0.392. The molecule has 25 heavy (non-hydrogen) atoms. The molecule has 0 saturated heterocycles. The topological polar surface area (TPSA) is 79.0 Å². The second kappa shape index (κ2) is 8.31. The van der Waals surface area contributed by atoms with E-state index in [0.29, 0.717) is 6.42 Å². The molecule has 3 aromatic carbocycles. The van der Waals surface area contributed by atoms with Gasteiger partial charge in [-0.15, -0.1) is 12.4 Å². The Labute approximate surface area is 153 Å². The summed E-state index contributed by atoms with van der Waals surface area (Å²) in [7, 11) is 0. The molecule has 0 aliphatic heterocycles. The highest BCUT2D eigenvalue weighted by Gasteiger charge is 2.21. The summed E-state index contributed by atoms with van der Waals surface area (Å²) in [5.41, 5.74) is 7.31. The lowest BCUT2D eigenvalue weighted by Crippen LogP contribution is -2.39. The summed E-state index contributed by atoms with van der Waals surface area (Å²) < 4.78 is 0. The number of guanidine groups is 1. The van der Waals surface area contributed by atoms with Gasteiger partial charge in [-0.3, -0.25) is 15.5 Å².